The zero-order valence-corrected chi connectivity index (χ0v) is 17.3. The molecule has 0 radical (unpaired) electrons. The zero-order chi connectivity index (χ0) is 22.8. The third-order valence-corrected chi connectivity index (χ3v) is 5.11. The van der Waals surface area contributed by atoms with Gasteiger partial charge in [-0.05, 0) is 50.2 Å². The molecule has 0 aliphatic heterocycles. The van der Waals surface area contributed by atoms with Crippen LogP contribution in [-0.2, 0) is 17.9 Å². The summed E-state index contributed by atoms with van der Waals surface area (Å²) in [5.74, 6) is -1.56. The largest absolute Gasteiger partial charge is 0.416 e. The fraction of sp³-hybridized carbons (Fsp3) is 0.174. The van der Waals surface area contributed by atoms with Crippen molar-refractivity contribution in [1.82, 2.24) is 20.1 Å². The smallest absolute Gasteiger partial charge is 0.249 e. The second kappa shape index (κ2) is 8.70. The SMILES string of the molecule is Cc1cc(-c2nnc(-c3ccc(F)cc3)o2)c(C)n1CC(=O)NCc1ccc(F)cc1F. The lowest BCUT2D eigenvalue weighted by Crippen LogP contribution is -2.28. The van der Waals surface area contributed by atoms with Crippen molar-refractivity contribution in [2.24, 2.45) is 0 Å². The molecule has 2 aromatic heterocycles. The van der Waals surface area contributed by atoms with Crippen LogP contribution in [0, 0.1) is 31.3 Å². The second-order valence-electron chi connectivity index (χ2n) is 7.30. The molecule has 0 spiro atoms. The minimum absolute atomic E-state index is 0.000559. The van der Waals surface area contributed by atoms with Gasteiger partial charge < -0.3 is 14.3 Å². The summed E-state index contributed by atoms with van der Waals surface area (Å²) in [5.41, 5.74) is 2.98. The number of carbonyl (C=O) groups is 1. The number of nitrogens with one attached hydrogen (secondary N) is 1. The first-order valence-corrected chi connectivity index (χ1v) is 9.79. The molecule has 0 saturated carbocycles. The molecule has 1 amide bonds. The number of halogens is 3. The van der Waals surface area contributed by atoms with Gasteiger partial charge in [-0.3, -0.25) is 4.79 Å². The summed E-state index contributed by atoms with van der Waals surface area (Å²) in [4.78, 5) is 12.4. The molecule has 32 heavy (non-hydrogen) atoms. The third kappa shape index (κ3) is 4.41. The molecule has 2 heterocycles. The number of hydrogen-bond donors (Lipinski definition) is 1. The van der Waals surface area contributed by atoms with Crippen molar-refractivity contribution in [3.63, 3.8) is 0 Å². The van der Waals surface area contributed by atoms with Crippen LogP contribution in [0.2, 0.25) is 0 Å². The van der Waals surface area contributed by atoms with Gasteiger partial charge in [0, 0.05) is 35.1 Å². The highest BCUT2D eigenvalue weighted by Crippen LogP contribution is 2.28. The molecule has 2 aromatic carbocycles. The number of amides is 1. The van der Waals surface area contributed by atoms with Crippen LogP contribution in [0.5, 0.6) is 0 Å². The van der Waals surface area contributed by atoms with Crippen LogP contribution in [0.4, 0.5) is 13.2 Å². The molecule has 0 atom stereocenters. The second-order valence-corrected chi connectivity index (χ2v) is 7.30. The van der Waals surface area contributed by atoms with Crippen molar-refractivity contribution in [2.75, 3.05) is 0 Å². The lowest BCUT2D eigenvalue weighted by Gasteiger charge is -2.11. The lowest BCUT2D eigenvalue weighted by molar-refractivity contribution is -0.121. The van der Waals surface area contributed by atoms with Crippen molar-refractivity contribution in [3.8, 4) is 22.9 Å². The first kappa shape index (κ1) is 21.4. The average Bonchev–Trinajstić information content (AvgIpc) is 3.34. The molecule has 164 valence electrons. The number of carbonyl (C=O) groups excluding carboxylic acids is 1. The zero-order valence-electron chi connectivity index (χ0n) is 17.3. The highest BCUT2D eigenvalue weighted by Gasteiger charge is 2.18. The predicted molar refractivity (Wildman–Crippen MR) is 111 cm³/mol. The minimum atomic E-state index is -0.714. The molecule has 9 heteroatoms. The van der Waals surface area contributed by atoms with Crippen LogP contribution < -0.4 is 5.32 Å². The van der Waals surface area contributed by atoms with Gasteiger partial charge in [-0.1, -0.05) is 6.07 Å². The maximum absolute atomic E-state index is 13.8. The lowest BCUT2D eigenvalue weighted by atomic mass is 10.2. The number of nitrogens with zero attached hydrogens (tertiary/aromatic N) is 3. The number of aromatic nitrogens is 3. The predicted octanol–water partition coefficient (Wildman–Crippen LogP) is 4.56. The standard InChI is InChI=1S/C23H19F3N4O2/c1-13-9-19(23-29-28-22(32-23)15-3-6-17(24)7-4-15)14(2)30(13)12-21(31)27-11-16-5-8-18(25)10-20(16)26/h3-10H,11-12H2,1-2H3,(H,27,31). The van der Waals surface area contributed by atoms with E-state index in [9.17, 15) is 18.0 Å². The fourth-order valence-corrected chi connectivity index (χ4v) is 3.36. The van der Waals surface area contributed by atoms with Crippen LogP contribution in [0.3, 0.4) is 0 Å². The maximum atomic E-state index is 13.8. The van der Waals surface area contributed by atoms with Crippen molar-refractivity contribution < 1.29 is 22.4 Å². The molecular formula is C23H19F3N4O2. The van der Waals surface area contributed by atoms with Gasteiger partial charge in [0.2, 0.25) is 17.7 Å². The van der Waals surface area contributed by atoms with E-state index in [0.717, 1.165) is 23.5 Å². The summed E-state index contributed by atoms with van der Waals surface area (Å²) >= 11 is 0. The van der Waals surface area contributed by atoms with Gasteiger partial charge in [-0.15, -0.1) is 10.2 Å². The Morgan fingerprint density at radius 3 is 2.38 bits per heavy atom. The molecule has 0 aliphatic rings. The molecule has 4 aromatic rings. The summed E-state index contributed by atoms with van der Waals surface area (Å²) in [6.45, 7) is 3.60. The summed E-state index contributed by atoms with van der Waals surface area (Å²) in [6, 6.07) is 10.7. The number of benzene rings is 2. The van der Waals surface area contributed by atoms with Gasteiger partial charge in [0.1, 0.15) is 24.0 Å². The van der Waals surface area contributed by atoms with Gasteiger partial charge in [-0.2, -0.15) is 0 Å². The highest BCUT2D eigenvalue weighted by molar-refractivity contribution is 5.76. The average molecular weight is 440 g/mol. The van der Waals surface area contributed by atoms with E-state index < -0.39 is 11.6 Å². The van der Waals surface area contributed by atoms with E-state index in [2.05, 4.69) is 15.5 Å². The van der Waals surface area contributed by atoms with Crippen LogP contribution in [-0.4, -0.2) is 20.7 Å². The van der Waals surface area contributed by atoms with Crippen molar-refractivity contribution >= 4 is 5.91 Å². The van der Waals surface area contributed by atoms with E-state index in [-0.39, 0.29) is 42.2 Å². The molecule has 6 nitrogen and oxygen atoms in total. The van der Waals surface area contributed by atoms with Gasteiger partial charge in [0.15, 0.2) is 0 Å². The van der Waals surface area contributed by atoms with E-state index in [0.29, 0.717) is 11.1 Å². The van der Waals surface area contributed by atoms with Gasteiger partial charge >= 0.3 is 0 Å². The first-order chi connectivity index (χ1) is 15.3. The van der Waals surface area contributed by atoms with Crippen molar-refractivity contribution in [2.45, 2.75) is 26.9 Å². The number of rotatable bonds is 6. The number of hydrogen-bond acceptors (Lipinski definition) is 4. The molecule has 0 saturated heterocycles. The van der Waals surface area contributed by atoms with Crippen LogP contribution in [0.15, 0.2) is 52.9 Å². The Morgan fingerprint density at radius 1 is 0.969 bits per heavy atom. The van der Waals surface area contributed by atoms with E-state index in [1.165, 1.54) is 18.2 Å². The normalized spacial score (nSPS) is 11.0. The Hall–Kier alpha value is -3.88. The van der Waals surface area contributed by atoms with Gasteiger partial charge in [0.05, 0.1) is 5.56 Å². The molecule has 1 N–H and O–H groups in total. The molecule has 0 unspecified atom stereocenters. The molecule has 0 bridgehead atoms. The summed E-state index contributed by atoms with van der Waals surface area (Å²) in [7, 11) is 0. The molecule has 0 aliphatic carbocycles. The Morgan fingerprint density at radius 2 is 1.66 bits per heavy atom. The van der Waals surface area contributed by atoms with Crippen LogP contribution in [0.25, 0.3) is 22.9 Å². The molecular weight excluding hydrogens is 421 g/mol. The van der Waals surface area contributed by atoms with Gasteiger partial charge in [-0.25, -0.2) is 13.2 Å². The highest BCUT2D eigenvalue weighted by atomic mass is 19.1. The topological polar surface area (TPSA) is 73.0 Å². The summed E-state index contributed by atoms with van der Waals surface area (Å²) < 4.78 is 47.4. The third-order valence-electron chi connectivity index (χ3n) is 5.11. The van der Waals surface area contributed by atoms with Crippen LogP contribution >= 0.6 is 0 Å². The summed E-state index contributed by atoms with van der Waals surface area (Å²) in [6.07, 6.45) is 0. The van der Waals surface area contributed by atoms with Crippen molar-refractivity contribution in [1.29, 1.82) is 0 Å². The molecule has 4 rings (SSSR count). The quantitative estimate of drug-likeness (QED) is 0.477. The Balaban J connectivity index is 1.48. The summed E-state index contributed by atoms with van der Waals surface area (Å²) in [5, 5.41) is 10.7. The van der Waals surface area contributed by atoms with Crippen molar-refractivity contribution in [3.05, 3.63) is 82.9 Å². The Labute approximate surface area is 181 Å². The fourth-order valence-electron chi connectivity index (χ4n) is 3.36. The Kier molecular flexibility index (Phi) is 5.81. The minimum Gasteiger partial charge on any atom is -0.416 e. The maximum Gasteiger partial charge on any atom is 0.249 e. The molecule has 0 fully saturated rings. The van der Waals surface area contributed by atoms with Crippen LogP contribution in [0.1, 0.15) is 17.0 Å². The van der Waals surface area contributed by atoms with E-state index in [1.807, 2.05) is 19.9 Å². The van der Waals surface area contributed by atoms with E-state index >= 15 is 0 Å². The number of aryl methyl sites for hydroxylation is 1. The Bertz CT molecular complexity index is 1280. The van der Waals surface area contributed by atoms with E-state index in [1.54, 1.807) is 16.7 Å². The van der Waals surface area contributed by atoms with Gasteiger partial charge in [0.25, 0.3) is 0 Å². The van der Waals surface area contributed by atoms with E-state index in [4.69, 9.17) is 4.42 Å². The monoisotopic (exact) mass is 440 g/mol. The first-order valence-electron chi connectivity index (χ1n) is 9.79.